The third-order valence-corrected chi connectivity index (χ3v) is 4.23. The van der Waals surface area contributed by atoms with E-state index in [1.54, 1.807) is 0 Å². The zero-order chi connectivity index (χ0) is 15.5. The lowest BCUT2D eigenvalue weighted by Gasteiger charge is -2.34. The van der Waals surface area contributed by atoms with Crippen LogP contribution in [0.1, 0.15) is 32.8 Å². The minimum Gasteiger partial charge on any atom is -0.348 e. The van der Waals surface area contributed by atoms with Gasteiger partial charge in [0.15, 0.2) is 0 Å². The van der Waals surface area contributed by atoms with Crippen molar-refractivity contribution >= 4 is 5.91 Å². The van der Waals surface area contributed by atoms with Gasteiger partial charge in [0.25, 0.3) is 0 Å². The molecule has 0 unspecified atom stereocenters. The largest absolute Gasteiger partial charge is 0.348 e. The normalized spacial score (nSPS) is 23.8. The predicted molar refractivity (Wildman–Crippen MR) is 85.9 cm³/mol. The van der Waals surface area contributed by atoms with E-state index in [0.717, 1.165) is 25.9 Å². The van der Waals surface area contributed by atoms with Crippen molar-refractivity contribution < 1.29 is 4.79 Å². The van der Waals surface area contributed by atoms with Gasteiger partial charge in [-0.3, -0.25) is 4.79 Å². The number of nitrogens with one attached hydrogen (secondary N) is 2. The third-order valence-electron chi connectivity index (χ3n) is 4.23. The molecule has 1 fully saturated rings. The highest BCUT2D eigenvalue weighted by atomic mass is 16.2. The summed E-state index contributed by atoms with van der Waals surface area (Å²) in [6.45, 7) is 7.71. The maximum atomic E-state index is 12.5. The van der Waals surface area contributed by atoms with E-state index < -0.39 is 6.04 Å². The second-order valence-electron chi connectivity index (χ2n) is 7.20. The summed E-state index contributed by atoms with van der Waals surface area (Å²) in [4.78, 5) is 12.5. The molecule has 1 heterocycles. The second kappa shape index (κ2) is 6.16. The molecule has 2 rings (SSSR count). The minimum absolute atomic E-state index is 0.0536. The molecule has 4 nitrogen and oxygen atoms in total. The first kappa shape index (κ1) is 16.0. The van der Waals surface area contributed by atoms with Crippen LogP contribution in [0.3, 0.4) is 0 Å². The fourth-order valence-corrected chi connectivity index (χ4v) is 2.76. The van der Waals surface area contributed by atoms with E-state index in [1.165, 1.54) is 5.56 Å². The fraction of sp³-hybridized carbons (Fsp3) is 0.588. The van der Waals surface area contributed by atoms with Crippen LogP contribution < -0.4 is 16.4 Å². The Balaban J connectivity index is 2.10. The molecule has 4 N–H and O–H groups in total. The Bertz CT molecular complexity index is 473. The molecule has 1 aliphatic rings. The molecule has 1 aliphatic heterocycles. The Morgan fingerprint density at radius 3 is 2.57 bits per heavy atom. The molecule has 116 valence electrons. The first-order valence-corrected chi connectivity index (χ1v) is 7.65. The summed E-state index contributed by atoms with van der Waals surface area (Å²) in [5, 5.41) is 6.58. The zero-order valence-corrected chi connectivity index (χ0v) is 13.3. The van der Waals surface area contributed by atoms with E-state index in [4.69, 9.17) is 5.73 Å². The first-order chi connectivity index (χ1) is 9.82. The third kappa shape index (κ3) is 4.05. The second-order valence-corrected chi connectivity index (χ2v) is 7.20. The van der Waals surface area contributed by atoms with E-state index in [1.807, 2.05) is 39.0 Å². The van der Waals surface area contributed by atoms with Gasteiger partial charge >= 0.3 is 0 Å². The van der Waals surface area contributed by atoms with Gasteiger partial charge in [0, 0.05) is 6.54 Å². The van der Waals surface area contributed by atoms with Gasteiger partial charge in [0.1, 0.15) is 0 Å². The van der Waals surface area contributed by atoms with Crippen molar-refractivity contribution in [2.45, 2.75) is 45.2 Å². The first-order valence-electron chi connectivity index (χ1n) is 7.65. The number of carbonyl (C=O) groups excluding carboxylic acids is 1. The molecule has 0 spiro atoms. The van der Waals surface area contributed by atoms with Crippen LogP contribution in [0.25, 0.3) is 0 Å². The van der Waals surface area contributed by atoms with Crippen molar-refractivity contribution in [3.8, 4) is 0 Å². The molecule has 1 aromatic carbocycles. The molecule has 21 heavy (non-hydrogen) atoms. The quantitative estimate of drug-likeness (QED) is 0.786. The lowest BCUT2D eigenvalue weighted by Crippen LogP contribution is -2.58. The molecular formula is C17H27N3O. The van der Waals surface area contributed by atoms with Gasteiger partial charge in [-0.05, 0) is 30.4 Å². The number of hydrogen-bond donors (Lipinski definition) is 3. The average molecular weight is 289 g/mol. The Hall–Kier alpha value is -1.39. The van der Waals surface area contributed by atoms with E-state index in [2.05, 4.69) is 22.8 Å². The van der Waals surface area contributed by atoms with Gasteiger partial charge in [-0.25, -0.2) is 0 Å². The van der Waals surface area contributed by atoms with Crippen molar-refractivity contribution in [3.63, 3.8) is 0 Å². The highest BCUT2D eigenvalue weighted by Crippen LogP contribution is 2.23. The Kier molecular flexibility index (Phi) is 4.69. The topological polar surface area (TPSA) is 67.2 Å². The van der Waals surface area contributed by atoms with Crippen LogP contribution in [0.4, 0.5) is 0 Å². The summed E-state index contributed by atoms with van der Waals surface area (Å²) in [5.41, 5.74) is 6.88. The Morgan fingerprint density at radius 2 is 2.05 bits per heavy atom. The standard InChI is InChI=1S/C17H27N3O/c1-16(2,3)14(18)15(21)20-17(9-10-19-12-17)11-13-7-5-4-6-8-13/h4-8,14,19H,9-12,18H2,1-3H3,(H,20,21)/t14-,17-/m1/s1. The minimum atomic E-state index is -0.495. The SMILES string of the molecule is CC(C)(C)[C@H](N)C(=O)N[C@@]1(Cc2ccccc2)CCNC1. The van der Waals surface area contributed by atoms with Crippen LogP contribution >= 0.6 is 0 Å². The molecule has 0 bridgehead atoms. The van der Waals surface area contributed by atoms with Crippen molar-refractivity contribution in [2.24, 2.45) is 11.1 Å². The summed E-state index contributed by atoms with van der Waals surface area (Å²) >= 11 is 0. The van der Waals surface area contributed by atoms with Gasteiger partial charge < -0.3 is 16.4 Å². The Labute approximate surface area is 127 Å². The molecule has 2 atom stereocenters. The average Bonchev–Trinajstić information content (AvgIpc) is 2.86. The van der Waals surface area contributed by atoms with Crippen molar-refractivity contribution in [1.82, 2.24) is 10.6 Å². The van der Waals surface area contributed by atoms with Crippen LogP contribution in [-0.2, 0) is 11.2 Å². The summed E-state index contributed by atoms with van der Waals surface area (Å²) in [6.07, 6.45) is 1.77. The van der Waals surface area contributed by atoms with E-state index >= 15 is 0 Å². The molecule has 0 aliphatic carbocycles. The summed E-state index contributed by atoms with van der Waals surface area (Å²) in [5.74, 6) is -0.0536. The van der Waals surface area contributed by atoms with Gasteiger partial charge in [-0.2, -0.15) is 0 Å². The number of carbonyl (C=O) groups is 1. The Morgan fingerprint density at radius 1 is 1.38 bits per heavy atom. The molecule has 1 amide bonds. The predicted octanol–water partition coefficient (Wildman–Crippen LogP) is 1.45. The number of nitrogens with two attached hydrogens (primary N) is 1. The van der Waals surface area contributed by atoms with Gasteiger partial charge in [0.2, 0.25) is 5.91 Å². The van der Waals surface area contributed by atoms with Crippen molar-refractivity contribution in [1.29, 1.82) is 0 Å². The summed E-state index contributed by atoms with van der Waals surface area (Å²) in [6, 6.07) is 9.80. The van der Waals surface area contributed by atoms with Crippen LogP contribution in [0.5, 0.6) is 0 Å². The van der Waals surface area contributed by atoms with Gasteiger partial charge in [0.05, 0.1) is 11.6 Å². The number of rotatable bonds is 4. The molecule has 1 saturated heterocycles. The van der Waals surface area contributed by atoms with E-state index in [9.17, 15) is 4.79 Å². The van der Waals surface area contributed by atoms with Gasteiger partial charge in [-0.1, -0.05) is 51.1 Å². The molecule has 4 heteroatoms. The van der Waals surface area contributed by atoms with Gasteiger partial charge in [-0.15, -0.1) is 0 Å². The highest BCUT2D eigenvalue weighted by Gasteiger charge is 2.38. The molecule has 0 radical (unpaired) electrons. The van der Waals surface area contributed by atoms with E-state index in [0.29, 0.717) is 0 Å². The van der Waals surface area contributed by atoms with Crippen LogP contribution in [-0.4, -0.2) is 30.6 Å². The zero-order valence-electron chi connectivity index (χ0n) is 13.3. The smallest absolute Gasteiger partial charge is 0.237 e. The number of amides is 1. The number of hydrogen-bond acceptors (Lipinski definition) is 3. The van der Waals surface area contributed by atoms with Crippen LogP contribution in [0, 0.1) is 5.41 Å². The fourth-order valence-electron chi connectivity index (χ4n) is 2.76. The summed E-state index contributed by atoms with van der Waals surface area (Å²) < 4.78 is 0. The molecule has 1 aromatic rings. The molecular weight excluding hydrogens is 262 g/mol. The monoisotopic (exact) mass is 289 g/mol. The number of benzene rings is 1. The van der Waals surface area contributed by atoms with E-state index in [-0.39, 0.29) is 16.9 Å². The van der Waals surface area contributed by atoms with Crippen LogP contribution in [0.2, 0.25) is 0 Å². The molecule has 0 aromatic heterocycles. The van der Waals surface area contributed by atoms with Crippen LogP contribution in [0.15, 0.2) is 30.3 Å². The maximum Gasteiger partial charge on any atom is 0.237 e. The summed E-state index contributed by atoms with van der Waals surface area (Å²) in [7, 11) is 0. The van der Waals surface area contributed by atoms with Crippen molar-refractivity contribution in [3.05, 3.63) is 35.9 Å². The van der Waals surface area contributed by atoms with Crippen molar-refractivity contribution in [2.75, 3.05) is 13.1 Å². The lowest BCUT2D eigenvalue weighted by molar-refractivity contribution is -0.126. The molecule has 0 saturated carbocycles. The highest BCUT2D eigenvalue weighted by molar-refractivity contribution is 5.83. The maximum absolute atomic E-state index is 12.5. The lowest BCUT2D eigenvalue weighted by atomic mass is 9.84.